The van der Waals surface area contributed by atoms with Crippen molar-refractivity contribution in [2.45, 2.75) is 16.1 Å². The third-order valence-corrected chi connectivity index (χ3v) is 5.97. The van der Waals surface area contributed by atoms with Gasteiger partial charge >= 0.3 is 0 Å². The van der Waals surface area contributed by atoms with Gasteiger partial charge in [-0.2, -0.15) is 12.6 Å². The summed E-state index contributed by atoms with van der Waals surface area (Å²) in [4.78, 5) is 0. The maximum atomic E-state index is 5.56. The van der Waals surface area contributed by atoms with Crippen molar-refractivity contribution in [2.24, 2.45) is 0 Å². The molecule has 0 fully saturated rings. The minimum Gasteiger partial charge on any atom is -0.159 e. The van der Waals surface area contributed by atoms with E-state index < -0.39 is 16.1 Å². The standard InChI is InChI=1S/C4HCl9S/c5-2(6,7)1(14,3(8,9)10)4(11,12)13/h14H. The van der Waals surface area contributed by atoms with E-state index in [0.717, 1.165) is 0 Å². The van der Waals surface area contributed by atoms with Crippen molar-refractivity contribution in [1.29, 1.82) is 0 Å². The van der Waals surface area contributed by atoms with Crippen LogP contribution in [0.3, 0.4) is 0 Å². The first-order valence-corrected chi connectivity index (χ1v) is 6.52. The Kier molecular flexibility index (Phi) is 5.95. The summed E-state index contributed by atoms with van der Waals surface area (Å²) in [6, 6.07) is 0. The predicted molar refractivity (Wildman–Crippen MR) is 72.6 cm³/mol. The lowest BCUT2D eigenvalue weighted by molar-refractivity contribution is 0.628. The molecule has 0 N–H and O–H groups in total. The van der Waals surface area contributed by atoms with Gasteiger partial charge in [0.15, 0.2) is 4.75 Å². The minimum absolute atomic E-state index is 2.10. The van der Waals surface area contributed by atoms with Crippen LogP contribution in [-0.2, 0) is 0 Å². The first kappa shape index (κ1) is 17.0. The lowest BCUT2D eigenvalue weighted by Gasteiger charge is -2.44. The average Bonchev–Trinajstić information content (AvgIpc) is 1.77. The molecule has 0 aliphatic rings. The Morgan fingerprint density at radius 1 is 0.500 bits per heavy atom. The number of hydrogen-bond donors (Lipinski definition) is 1. The molecule has 0 saturated heterocycles. The van der Waals surface area contributed by atoms with Gasteiger partial charge in [-0.05, 0) is 0 Å². The number of thiol groups is 1. The van der Waals surface area contributed by atoms with Gasteiger partial charge in [-0.25, -0.2) is 0 Å². The van der Waals surface area contributed by atoms with Crippen molar-refractivity contribution in [1.82, 2.24) is 0 Å². The van der Waals surface area contributed by atoms with E-state index in [1.807, 2.05) is 0 Å². The highest BCUT2D eigenvalue weighted by Crippen LogP contribution is 2.64. The largest absolute Gasteiger partial charge is 0.213 e. The SMILES string of the molecule is SC(C(Cl)(Cl)Cl)(C(Cl)(Cl)Cl)C(Cl)(Cl)Cl. The second-order valence-corrected chi connectivity index (χ2v) is 9.72. The number of halogens is 9. The molecule has 0 amide bonds. The molecular weight excluding hydrogens is 399 g/mol. The highest BCUT2D eigenvalue weighted by atomic mass is 35.6. The van der Waals surface area contributed by atoms with Crippen LogP contribution < -0.4 is 0 Å². The van der Waals surface area contributed by atoms with Crippen molar-refractivity contribution in [3.8, 4) is 0 Å². The Balaban J connectivity index is 5.54. The van der Waals surface area contributed by atoms with Gasteiger partial charge in [-0.1, -0.05) is 104 Å². The van der Waals surface area contributed by atoms with E-state index in [0.29, 0.717) is 0 Å². The Morgan fingerprint density at radius 2 is 0.643 bits per heavy atom. The first-order valence-electron chi connectivity index (χ1n) is 2.67. The Morgan fingerprint density at radius 3 is 0.643 bits per heavy atom. The van der Waals surface area contributed by atoms with Crippen molar-refractivity contribution in [3.63, 3.8) is 0 Å². The summed E-state index contributed by atoms with van der Waals surface area (Å²) >= 11 is 53.9. The monoisotopic (exact) mass is 396 g/mol. The molecule has 0 heterocycles. The summed E-state index contributed by atoms with van der Waals surface area (Å²) in [5.74, 6) is 0. The summed E-state index contributed by atoms with van der Waals surface area (Å²) in [7, 11) is 0. The van der Waals surface area contributed by atoms with E-state index in [9.17, 15) is 0 Å². The van der Waals surface area contributed by atoms with E-state index in [1.165, 1.54) is 0 Å². The Bertz CT molecular complexity index is 170. The van der Waals surface area contributed by atoms with Crippen LogP contribution in [0.1, 0.15) is 0 Å². The van der Waals surface area contributed by atoms with Gasteiger partial charge in [0.25, 0.3) is 0 Å². The molecule has 0 aliphatic carbocycles. The molecule has 0 atom stereocenters. The third kappa shape index (κ3) is 3.25. The molecule has 0 aromatic heterocycles. The molecule has 0 spiro atoms. The first-order chi connectivity index (χ1) is 5.75. The lowest BCUT2D eigenvalue weighted by Crippen LogP contribution is -2.58. The van der Waals surface area contributed by atoms with E-state index >= 15 is 0 Å². The zero-order valence-electron chi connectivity index (χ0n) is 5.85. The zero-order valence-corrected chi connectivity index (χ0v) is 13.5. The van der Waals surface area contributed by atoms with E-state index in [4.69, 9.17) is 104 Å². The fourth-order valence-corrected chi connectivity index (χ4v) is 4.34. The molecular formula is C4HCl9S. The van der Waals surface area contributed by atoms with Crippen molar-refractivity contribution >= 4 is 117 Å². The van der Waals surface area contributed by atoms with Gasteiger partial charge in [0.1, 0.15) is 0 Å². The Hall–Kier alpha value is 2.96. The normalized spacial score (nSPS) is 15.9. The van der Waals surface area contributed by atoms with Crippen LogP contribution in [0.4, 0.5) is 0 Å². The van der Waals surface area contributed by atoms with Crippen molar-refractivity contribution < 1.29 is 0 Å². The van der Waals surface area contributed by atoms with E-state index in [1.54, 1.807) is 0 Å². The van der Waals surface area contributed by atoms with Gasteiger partial charge < -0.3 is 0 Å². The molecule has 0 aromatic rings. The summed E-state index contributed by atoms with van der Waals surface area (Å²) < 4.78 is -8.67. The third-order valence-electron chi connectivity index (χ3n) is 1.23. The highest BCUT2D eigenvalue weighted by molar-refractivity contribution is 7.83. The summed E-state index contributed by atoms with van der Waals surface area (Å²) in [5, 5.41) is 0. The molecule has 0 nitrogen and oxygen atoms in total. The number of hydrogen-bond acceptors (Lipinski definition) is 1. The molecule has 0 saturated carbocycles. The van der Waals surface area contributed by atoms with Gasteiger partial charge in [-0.3, -0.25) is 0 Å². The molecule has 14 heavy (non-hydrogen) atoms. The topological polar surface area (TPSA) is 0 Å². The minimum atomic E-state index is -2.19. The second kappa shape index (κ2) is 4.91. The molecule has 0 bridgehead atoms. The molecule has 0 aromatic carbocycles. The molecule has 0 radical (unpaired) electrons. The fourth-order valence-electron chi connectivity index (χ4n) is 0.482. The fraction of sp³-hybridized carbons (Fsp3) is 1.00. The number of alkyl halides is 9. The molecule has 10 heteroatoms. The quantitative estimate of drug-likeness (QED) is 0.388. The number of rotatable bonds is 0. The van der Waals surface area contributed by atoms with Crippen LogP contribution in [0.15, 0.2) is 0 Å². The van der Waals surface area contributed by atoms with Gasteiger partial charge in [0.05, 0.1) is 0 Å². The summed E-state index contributed by atoms with van der Waals surface area (Å²) in [5.41, 5.74) is 0. The van der Waals surface area contributed by atoms with Crippen LogP contribution >= 0.6 is 117 Å². The van der Waals surface area contributed by atoms with Crippen LogP contribution in [-0.4, -0.2) is 16.1 Å². The van der Waals surface area contributed by atoms with E-state index in [-0.39, 0.29) is 0 Å². The summed E-state index contributed by atoms with van der Waals surface area (Å²) in [6.07, 6.45) is 0. The molecule has 86 valence electrons. The predicted octanol–water partition coefficient (Wildman–Crippen LogP) is 5.77. The second-order valence-electron chi connectivity index (χ2n) is 2.20. The molecule has 0 rings (SSSR count). The maximum Gasteiger partial charge on any atom is 0.213 e. The molecule has 0 aliphatic heterocycles. The van der Waals surface area contributed by atoms with Crippen LogP contribution in [0.25, 0.3) is 0 Å². The van der Waals surface area contributed by atoms with Crippen LogP contribution in [0.5, 0.6) is 0 Å². The highest BCUT2D eigenvalue weighted by Gasteiger charge is 2.69. The molecule has 0 unspecified atom stereocenters. The van der Waals surface area contributed by atoms with Crippen LogP contribution in [0, 0.1) is 0 Å². The van der Waals surface area contributed by atoms with Gasteiger partial charge in [-0.15, -0.1) is 0 Å². The van der Waals surface area contributed by atoms with Crippen molar-refractivity contribution in [3.05, 3.63) is 0 Å². The van der Waals surface area contributed by atoms with E-state index in [2.05, 4.69) is 12.6 Å². The van der Waals surface area contributed by atoms with Gasteiger partial charge in [0, 0.05) is 0 Å². The van der Waals surface area contributed by atoms with Crippen molar-refractivity contribution in [2.75, 3.05) is 0 Å². The summed E-state index contributed by atoms with van der Waals surface area (Å²) in [6.45, 7) is 0. The Labute approximate surface area is 132 Å². The van der Waals surface area contributed by atoms with Crippen LogP contribution in [0.2, 0.25) is 0 Å². The average molecular weight is 400 g/mol. The maximum absolute atomic E-state index is 5.56. The smallest absolute Gasteiger partial charge is 0.159 e. The zero-order chi connectivity index (χ0) is 12.0. The lowest BCUT2D eigenvalue weighted by atomic mass is 10.2. The van der Waals surface area contributed by atoms with Gasteiger partial charge in [0.2, 0.25) is 11.4 Å².